The average molecular weight is 468 g/mol. The first-order valence-corrected chi connectivity index (χ1v) is 11.5. The molecule has 0 spiro atoms. The number of imidazole rings is 1. The lowest BCUT2D eigenvalue weighted by atomic mass is 10.1. The molecule has 0 saturated carbocycles. The second-order valence-corrected chi connectivity index (χ2v) is 8.42. The highest BCUT2D eigenvalue weighted by Crippen LogP contribution is 2.31. The molecule has 0 radical (unpaired) electrons. The number of aromatic amines is 1. The van der Waals surface area contributed by atoms with Crippen molar-refractivity contribution in [2.45, 2.75) is 0 Å². The monoisotopic (exact) mass is 467 g/mol. The third-order valence-corrected chi connectivity index (χ3v) is 6.07. The number of fused-ring (bicyclic) bond motifs is 1. The molecule has 2 N–H and O–H groups in total. The van der Waals surface area contributed by atoms with Crippen LogP contribution in [0.4, 0.5) is 9.52 Å². The number of ether oxygens (including phenoxy) is 2. The zero-order valence-electron chi connectivity index (χ0n) is 17.7. The summed E-state index contributed by atoms with van der Waals surface area (Å²) in [6, 6.07) is 9.69. The Hall–Kier alpha value is -3.34. The standard InChI is InChI=1S/C23H22FN5O3S/c24-15-4-5-16(19(14-15)32-12-9-29-7-10-31-11-8-29)21-26-18-3-1-2-17(20(18)27-21)22(30)28-23-25-6-13-33-23/h1-6,13-14H,7-12H2,(H,26,27)(H,25,28,30). The maximum absolute atomic E-state index is 14.0. The van der Waals surface area contributed by atoms with Gasteiger partial charge in [0.2, 0.25) is 0 Å². The second kappa shape index (κ2) is 9.65. The van der Waals surface area contributed by atoms with Gasteiger partial charge >= 0.3 is 0 Å². The van der Waals surface area contributed by atoms with E-state index in [0.717, 1.165) is 19.6 Å². The number of thiazole rings is 1. The zero-order valence-corrected chi connectivity index (χ0v) is 18.5. The average Bonchev–Trinajstić information content (AvgIpc) is 3.49. The van der Waals surface area contributed by atoms with Crippen LogP contribution >= 0.6 is 11.3 Å². The highest BCUT2D eigenvalue weighted by atomic mass is 32.1. The summed E-state index contributed by atoms with van der Waals surface area (Å²) >= 11 is 1.34. The molecule has 5 rings (SSSR count). The summed E-state index contributed by atoms with van der Waals surface area (Å²) in [5.41, 5.74) is 2.26. The molecule has 8 nitrogen and oxygen atoms in total. The van der Waals surface area contributed by atoms with Crippen LogP contribution in [0.25, 0.3) is 22.4 Å². The van der Waals surface area contributed by atoms with Crippen LogP contribution in [0.15, 0.2) is 48.0 Å². The van der Waals surface area contributed by atoms with E-state index >= 15 is 0 Å². The van der Waals surface area contributed by atoms with Gasteiger partial charge in [0.05, 0.1) is 29.9 Å². The van der Waals surface area contributed by atoms with Gasteiger partial charge in [0.1, 0.15) is 29.5 Å². The third-order valence-electron chi connectivity index (χ3n) is 5.38. The molecular formula is C23H22FN5O3S. The third kappa shape index (κ3) is 4.87. The molecule has 1 aliphatic heterocycles. The number of para-hydroxylation sites is 1. The lowest BCUT2D eigenvalue weighted by molar-refractivity contribution is 0.0322. The van der Waals surface area contributed by atoms with Crippen LogP contribution in [-0.2, 0) is 4.74 Å². The predicted molar refractivity (Wildman–Crippen MR) is 124 cm³/mol. The Balaban J connectivity index is 1.40. The van der Waals surface area contributed by atoms with E-state index in [-0.39, 0.29) is 11.7 Å². The topological polar surface area (TPSA) is 92.4 Å². The van der Waals surface area contributed by atoms with Gasteiger partial charge < -0.3 is 14.5 Å². The van der Waals surface area contributed by atoms with E-state index in [4.69, 9.17) is 9.47 Å². The molecule has 0 unspecified atom stereocenters. The van der Waals surface area contributed by atoms with Gasteiger partial charge in [-0.1, -0.05) is 6.07 Å². The SMILES string of the molecule is O=C(Nc1nccs1)c1cccc2[nH]c(-c3ccc(F)cc3OCCN3CCOCC3)nc12. The van der Waals surface area contributed by atoms with E-state index in [0.29, 0.717) is 58.7 Å². The molecule has 4 aromatic rings. The summed E-state index contributed by atoms with van der Waals surface area (Å²) in [5.74, 6) is 0.214. The lowest BCUT2D eigenvalue weighted by Gasteiger charge is -2.26. The molecule has 2 aromatic heterocycles. The quantitative estimate of drug-likeness (QED) is 0.430. The Bertz CT molecular complexity index is 1250. The van der Waals surface area contributed by atoms with E-state index in [2.05, 4.69) is 25.2 Å². The minimum absolute atomic E-state index is 0.297. The van der Waals surface area contributed by atoms with Crippen LogP contribution in [0.1, 0.15) is 10.4 Å². The minimum Gasteiger partial charge on any atom is -0.491 e. The molecule has 0 bridgehead atoms. The van der Waals surface area contributed by atoms with Crippen LogP contribution in [0.3, 0.4) is 0 Å². The molecule has 170 valence electrons. The molecule has 2 aromatic carbocycles. The van der Waals surface area contributed by atoms with Crippen molar-refractivity contribution in [2.24, 2.45) is 0 Å². The Morgan fingerprint density at radius 3 is 2.97 bits per heavy atom. The van der Waals surface area contributed by atoms with E-state index in [1.54, 1.807) is 29.8 Å². The fourth-order valence-corrected chi connectivity index (χ4v) is 4.24. The number of carbonyl (C=O) groups excluding carboxylic acids is 1. The first-order chi connectivity index (χ1) is 16.2. The molecular weight excluding hydrogens is 445 g/mol. The number of anilines is 1. The number of H-pyrrole nitrogens is 1. The van der Waals surface area contributed by atoms with Gasteiger partial charge in [-0.15, -0.1) is 11.3 Å². The van der Waals surface area contributed by atoms with E-state index in [1.807, 2.05) is 6.07 Å². The van der Waals surface area contributed by atoms with Gasteiger partial charge in [-0.05, 0) is 24.3 Å². The Labute approximate surface area is 193 Å². The van der Waals surface area contributed by atoms with Crippen molar-refractivity contribution in [3.05, 3.63) is 59.4 Å². The van der Waals surface area contributed by atoms with Crippen molar-refractivity contribution in [1.29, 1.82) is 0 Å². The van der Waals surface area contributed by atoms with Gasteiger partial charge in [-0.2, -0.15) is 0 Å². The molecule has 1 aliphatic rings. The number of benzene rings is 2. The Kier molecular flexibility index (Phi) is 6.29. The van der Waals surface area contributed by atoms with Crippen molar-refractivity contribution in [3.63, 3.8) is 0 Å². The van der Waals surface area contributed by atoms with E-state index in [1.165, 1.54) is 23.5 Å². The molecule has 33 heavy (non-hydrogen) atoms. The predicted octanol–water partition coefficient (Wildman–Crippen LogP) is 3.79. The normalized spacial score (nSPS) is 14.5. The largest absolute Gasteiger partial charge is 0.491 e. The number of nitrogens with one attached hydrogen (secondary N) is 2. The van der Waals surface area contributed by atoms with Crippen molar-refractivity contribution in [2.75, 3.05) is 44.8 Å². The number of carbonyl (C=O) groups is 1. The second-order valence-electron chi connectivity index (χ2n) is 7.52. The zero-order chi connectivity index (χ0) is 22.6. The highest BCUT2D eigenvalue weighted by molar-refractivity contribution is 7.13. The minimum atomic E-state index is -0.389. The van der Waals surface area contributed by atoms with Crippen LogP contribution in [0.5, 0.6) is 5.75 Å². The number of hydrogen-bond donors (Lipinski definition) is 2. The number of aromatic nitrogens is 3. The van der Waals surface area contributed by atoms with Crippen molar-refractivity contribution in [1.82, 2.24) is 19.9 Å². The van der Waals surface area contributed by atoms with Gasteiger partial charge in [-0.25, -0.2) is 14.4 Å². The van der Waals surface area contributed by atoms with Crippen LogP contribution < -0.4 is 10.1 Å². The van der Waals surface area contributed by atoms with Gasteiger partial charge in [0.15, 0.2) is 5.13 Å². The molecule has 1 fully saturated rings. The van der Waals surface area contributed by atoms with Crippen molar-refractivity contribution < 1.29 is 18.7 Å². The van der Waals surface area contributed by atoms with Gasteiger partial charge in [0, 0.05) is 37.3 Å². The van der Waals surface area contributed by atoms with Crippen molar-refractivity contribution >= 4 is 33.4 Å². The smallest absolute Gasteiger partial charge is 0.259 e. The van der Waals surface area contributed by atoms with Crippen LogP contribution in [-0.4, -0.2) is 65.2 Å². The molecule has 1 saturated heterocycles. The number of halogens is 1. The first kappa shape index (κ1) is 21.5. The molecule has 3 heterocycles. The number of morpholine rings is 1. The van der Waals surface area contributed by atoms with Crippen LogP contribution in [0.2, 0.25) is 0 Å². The van der Waals surface area contributed by atoms with Crippen LogP contribution in [0, 0.1) is 5.82 Å². The maximum Gasteiger partial charge on any atom is 0.259 e. The van der Waals surface area contributed by atoms with Gasteiger partial charge in [-0.3, -0.25) is 15.0 Å². The summed E-state index contributed by atoms with van der Waals surface area (Å²) < 4.78 is 25.3. The number of rotatable bonds is 7. The number of nitrogens with zero attached hydrogens (tertiary/aromatic N) is 3. The molecule has 0 aliphatic carbocycles. The Morgan fingerprint density at radius 2 is 2.15 bits per heavy atom. The summed E-state index contributed by atoms with van der Waals surface area (Å²) in [7, 11) is 0. The Morgan fingerprint density at radius 1 is 1.27 bits per heavy atom. The lowest BCUT2D eigenvalue weighted by Crippen LogP contribution is -2.38. The van der Waals surface area contributed by atoms with Crippen molar-refractivity contribution in [3.8, 4) is 17.1 Å². The maximum atomic E-state index is 14.0. The van der Waals surface area contributed by atoms with E-state index < -0.39 is 0 Å². The molecule has 10 heteroatoms. The summed E-state index contributed by atoms with van der Waals surface area (Å²) in [4.78, 5) is 27.0. The molecule has 0 atom stereocenters. The fraction of sp³-hybridized carbons (Fsp3) is 0.261. The summed E-state index contributed by atoms with van der Waals surface area (Å²) in [6.07, 6.45) is 1.63. The molecule has 1 amide bonds. The fourth-order valence-electron chi connectivity index (χ4n) is 3.71. The van der Waals surface area contributed by atoms with E-state index in [9.17, 15) is 9.18 Å². The summed E-state index contributed by atoms with van der Waals surface area (Å²) in [5, 5.41) is 5.09. The number of amides is 1. The number of hydrogen-bond acceptors (Lipinski definition) is 7. The summed E-state index contributed by atoms with van der Waals surface area (Å²) in [6.45, 7) is 4.27. The van der Waals surface area contributed by atoms with Gasteiger partial charge in [0.25, 0.3) is 5.91 Å². The first-order valence-electron chi connectivity index (χ1n) is 10.6. The highest BCUT2D eigenvalue weighted by Gasteiger charge is 2.18.